The molecule has 3 unspecified atom stereocenters. The van der Waals surface area contributed by atoms with Gasteiger partial charge in [-0.3, -0.25) is 4.90 Å². The quantitative estimate of drug-likeness (QED) is 0.827. The molecule has 1 heterocycles. The lowest BCUT2D eigenvalue weighted by atomic mass is 9.67. The number of rotatable bonds is 2. The van der Waals surface area contributed by atoms with E-state index in [9.17, 15) is 5.11 Å². The minimum absolute atomic E-state index is 0.0330. The molecule has 0 amide bonds. The number of aliphatic hydroxyl groups excluding tert-OH is 1. The first-order chi connectivity index (χ1) is 9.11. The first kappa shape index (κ1) is 13.9. The first-order valence-electron chi connectivity index (χ1n) is 8.53. The third-order valence-corrected chi connectivity index (χ3v) is 6.42. The lowest BCUT2D eigenvalue weighted by molar-refractivity contribution is -0.0196. The molecule has 2 heteroatoms. The summed E-state index contributed by atoms with van der Waals surface area (Å²) in [5.41, 5.74) is 0.575. The summed E-state index contributed by atoms with van der Waals surface area (Å²) in [4.78, 5) is 2.76. The highest BCUT2D eigenvalue weighted by Crippen LogP contribution is 2.51. The highest BCUT2D eigenvalue weighted by molar-refractivity contribution is 5.01. The molecule has 0 aromatic rings. The standard InChI is InChI=1S/C17H31NO/c1-13(2)14-6-10-18(12-14)16-11-15(19)5-9-17(16)7-3-4-8-17/h13-16,19H,3-12H2,1-2H3. The summed E-state index contributed by atoms with van der Waals surface area (Å²) in [5, 5.41) is 10.1. The van der Waals surface area contributed by atoms with Crippen molar-refractivity contribution >= 4 is 0 Å². The van der Waals surface area contributed by atoms with Gasteiger partial charge in [-0.25, -0.2) is 0 Å². The van der Waals surface area contributed by atoms with Crippen molar-refractivity contribution in [3.63, 3.8) is 0 Å². The van der Waals surface area contributed by atoms with Crippen LogP contribution >= 0.6 is 0 Å². The Kier molecular flexibility index (Phi) is 3.92. The Balaban J connectivity index is 1.73. The number of nitrogens with zero attached hydrogens (tertiary/aromatic N) is 1. The van der Waals surface area contributed by atoms with Crippen molar-refractivity contribution in [3.05, 3.63) is 0 Å². The van der Waals surface area contributed by atoms with Crippen LogP contribution in [0.1, 0.15) is 65.2 Å². The molecule has 2 aliphatic carbocycles. The molecule has 0 bridgehead atoms. The third-order valence-electron chi connectivity index (χ3n) is 6.42. The van der Waals surface area contributed by atoms with Crippen LogP contribution in [-0.4, -0.2) is 35.2 Å². The van der Waals surface area contributed by atoms with E-state index in [-0.39, 0.29) is 6.10 Å². The van der Waals surface area contributed by atoms with Gasteiger partial charge in [0.1, 0.15) is 0 Å². The second-order valence-electron chi connectivity index (χ2n) is 7.80. The van der Waals surface area contributed by atoms with E-state index < -0.39 is 0 Å². The predicted octanol–water partition coefficient (Wildman–Crippen LogP) is 3.44. The van der Waals surface area contributed by atoms with Gasteiger partial charge in [0.05, 0.1) is 6.10 Å². The van der Waals surface area contributed by atoms with Crippen LogP contribution in [0.5, 0.6) is 0 Å². The van der Waals surface area contributed by atoms with Crippen molar-refractivity contribution in [2.75, 3.05) is 13.1 Å². The van der Waals surface area contributed by atoms with E-state index in [0.717, 1.165) is 24.7 Å². The minimum Gasteiger partial charge on any atom is -0.393 e. The van der Waals surface area contributed by atoms with Crippen molar-refractivity contribution in [1.82, 2.24) is 4.90 Å². The summed E-state index contributed by atoms with van der Waals surface area (Å²) in [6.45, 7) is 7.31. The summed E-state index contributed by atoms with van der Waals surface area (Å²) in [5.74, 6) is 1.70. The SMILES string of the molecule is CC(C)C1CCN(C2CC(O)CCC23CCCC3)C1. The van der Waals surface area contributed by atoms with Gasteiger partial charge in [-0.15, -0.1) is 0 Å². The maximum atomic E-state index is 10.1. The van der Waals surface area contributed by atoms with E-state index >= 15 is 0 Å². The molecule has 2 nitrogen and oxygen atoms in total. The Bertz CT molecular complexity index is 308. The molecular weight excluding hydrogens is 234 g/mol. The minimum atomic E-state index is -0.0330. The molecule has 1 aliphatic heterocycles. The molecule has 0 aromatic carbocycles. The lowest BCUT2D eigenvalue weighted by Gasteiger charge is -2.48. The fraction of sp³-hybridized carbons (Fsp3) is 1.00. The van der Waals surface area contributed by atoms with Gasteiger partial charge in [-0.1, -0.05) is 26.7 Å². The highest BCUT2D eigenvalue weighted by Gasteiger charge is 2.48. The molecule has 3 atom stereocenters. The van der Waals surface area contributed by atoms with Crippen molar-refractivity contribution < 1.29 is 5.11 Å². The summed E-state index contributed by atoms with van der Waals surface area (Å²) < 4.78 is 0. The summed E-state index contributed by atoms with van der Waals surface area (Å²) in [6, 6.07) is 0.683. The Morgan fingerprint density at radius 1 is 1.11 bits per heavy atom. The molecule has 1 N–H and O–H groups in total. The number of aliphatic hydroxyl groups is 1. The fourth-order valence-corrected chi connectivity index (χ4v) is 5.09. The Labute approximate surface area is 118 Å². The summed E-state index contributed by atoms with van der Waals surface area (Å²) in [6.07, 6.45) is 10.4. The zero-order valence-corrected chi connectivity index (χ0v) is 12.8. The second kappa shape index (κ2) is 5.37. The molecule has 0 radical (unpaired) electrons. The number of hydrogen-bond acceptors (Lipinski definition) is 2. The Morgan fingerprint density at radius 2 is 1.84 bits per heavy atom. The molecule has 3 aliphatic rings. The smallest absolute Gasteiger partial charge is 0.0555 e. The summed E-state index contributed by atoms with van der Waals surface area (Å²) in [7, 11) is 0. The monoisotopic (exact) mass is 265 g/mol. The average Bonchev–Trinajstić information content (AvgIpc) is 3.03. The van der Waals surface area contributed by atoms with Gasteiger partial charge in [0.25, 0.3) is 0 Å². The van der Waals surface area contributed by atoms with Gasteiger partial charge < -0.3 is 5.11 Å². The van der Waals surface area contributed by atoms with Crippen LogP contribution in [0.4, 0.5) is 0 Å². The van der Waals surface area contributed by atoms with Crippen molar-refractivity contribution in [1.29, 1.82) is 0 Å². The number of likely N-dealkylation sites (tertiary alicyclic amines) is 1. The number of hydrogen-bond donors (Lipinski definition) is 1. The molecule has 1 saturated heterocycles. The molecule has 3 rings (SSSR count). The Morgan fingerprint density at radius 3 is 2.47 bits per heavy atom. The van der Waals surface area contributed by atoms with Gasteiger partial charge in [0.15, 0.2) is 0 Å². The van der Waals surface area contributed by atoms with Crippen molar-refractivity contribution in [2.45, 2.75) is 77.4 Å². The highest BCUT2D eigenvalue weighted by atomic mass is 16.3. The van der Waals surface area contributed by atoms with E-state index in [2.05, 4.69) is 18.7 Å². The largest absolute Gasteiger partial charge is 0.393 e. The van der Waals surface area contributed by atoms with Gasteiger partial charge >= 0.3 is 0 Å². The average molecular weight is 265 g/mol. The van der Waals surface area contributed by atoms with Crippen molar-refractivity contribution in [3.8, 4) is 0 Å². The van der Waals surface area contributed by atoms with Gasteiger partial charge in [0, 0.05) is 12.6 Å². The van der Waals surface area contributed by atoms with Crippen LogP contribution in [0.3, 0.4) is 0 Å². The molecule has 0 aromatic heterocycles. The zero-order chi connectivity index (χ0) is 13.5. The van der Waals surface area contributed by atoms with E-state index in [1.807, 2.05) is 0 Å². The van der Waals surface area contributed by atoms with Crippen LogP contribution in [0, 0.1) is 17.3 Å². The van der Waals surface area contributed by atoms with Crippen LogP contribution < -0.4 is 0 Å². The third kappa shape index (κ3) is 2.58. The van der Waals surface area contributed by atoms with Crippen molar-refractivity contribution in [2.24, 2.45) is 17.3 Å². The molecule has 3 fully saturated rings. The van der Waals surface area contributed by atoms with E-state index in [0.29, 0.717) is 11.5 Å². The van der Waals surface area contributed by atoms with E-state index in [1.54, 1.807) is 0 Å². The summed E-state index contributed by atoms with van der Waals surface area (Å²) >= 11 is 0. The second-order valence-corrected chi connectivity index (χ2v) is 7.80. The fourth-order valence-electron chi connectivity index (χ4n) is 5.09. The van der Waals surface area contributed by atoms with Crippen LogP contribution in [-0.2, 0) is 0 Å². The van der Waals surface area contributed by atoms with Gasteiger partial charge in [-0.05, 0) is 62.3 Å². The van der Waals surface area contributed by atoms with Gasteiger partial charge in [-0.2, -0.15) is 0 Å². The van der Waals surface area contributed by atoms with E-state index in [1.165, 1.54) is 51.6 Å². The molecule has 19 heavy (non-hydrogen) atoms. The molecule has 1 spiro atoms. The van der Waals surface area contributed by atoms with E-state index in [4.69, 9.17) is 0 Å². The van der Waals surface area contributed by atoms with Crippen LogP contribution in [0.25, 0.3) is 0 Å². The lowest BCUT2D eigenvalue weighted by Crippen LogP contribution is -2.50. The van der Waals surface area contributed by atoms with Gasteiger partial charge in [0.2, 0.25) is 0 Å². The molecular formula is C17H31NO. The van der Waals surface area contributed by atoms with Crippen LogP contribution in [0.15, 0.2) is 0 Å². The maximum absolute atomic E-state index is 10.1. The molecule has 2 saturated carbocycles. The first-order valence-corrected chi connectivity index (χ1v) is 8.53. The molecule has 110 valence electrons. The zero-order valence-electron chi connectivity index (χ0n) is 12.8. The van der Waals surface area contributed by atoms with Crippen LogP contribution in [0.2, 0.25) is 0 Å². The Hall–Kier alpha value is -0.0800. The topological polar surface area (TPSA) is 23.5 Å². The normalized spacial score (nSPS) is 39.5. The predicted molar refractivity (Wildman–Crippen MR) is 79.1 cm³/mol. The maximum Gasteiger partial charge on any atom is 0.0555 e.